The van der Waals surface area contributed by atoms with Crippen molar-refractivity contribution < 1.29 is 14.3 Å². The van der Waals surface area contributed by atoms with Gasteiger partial charge in [-0.15, -0.1) is 0 Å². The summed E-state index contributed by atoms with van der Waals surface area (Å²) in [5.41, 5.74) is 0.846. The minimum Gasteiger partial charge on any atom is -0.489 e. The number of halogens is 1. The highest BCUT2D eigenvalue weighted by atomic mass is 35.5. The molecule has 0 unspecified atom stereocenters. The smallest absolute Gasteiger partial charge is 0.180 e. The Morgan fingerprint density at radius 2 is 2.00 bits per heavy atom. The molecule has 5 heteroatoms. The second kappa shape index (κ2) is 4.70. The van der Waals surface area contributed by atoms with Crippen LogP contribution in [0.4, 0.5) is 0 Å². The highest BCUT2D eigenvalue weighted by Gasteiger charge is 2.17. The Bertz CT molecular complexity index is 357. The molecule has 0 fully saturated rings. The lowest BCUT2D eigenvalue weighted by atomic mass is 10.2. The molecule has 15 heavy (non-hydrogen) atoms. The van der Waals surface area contributed by atoms with Crippen molar-refractivity contribution in [1.82, 2.24) is 0 Å². The molecule has 2 rings (SSSR count). The van der Waals surface area contributed by atoms with Crippen molar-refractivity contribution in [3.63, 3.8) is 0 Å². The van der Waals surface area contributed by atoms with Gasteiger partial charge in [-0.25, -0.2) is 5.90 Å². The second-order valence-corrected chi connectivity index (χ2v) is 3.63. The summed E-state index contributed by atoms with van der Waals surface area (Å²) >= 11 is 6.01. The van der Waals surface area contributed by atoms with Gasteiger partial charge in [0.25, 0.3) is 0 Å². The van der Waals surface area contributed by atoms with Crippen molar-refractivity contribution >= 4 is 11.6 Å². The third-order valence-corrected chi connectivity index (χ3v) is 2.46. The molecule has 1 aliphatic heterocycles. The largest absolute Gasteiger partial charge is 0.489 e. The maximum Gasteiger partial charge on any atom is 0.180 e. The van der Waals surface area contributed by atoms with Gasteiger partial charge in [-0.3, -0.25) is 4.84 Å². The van der Waals surface area contributed by atoms with Crippen LogP contribution in [0.25, 0.3) is 0 Å². The van der Waals surface area contributed by atoms with Gasteiger partial charge < -0.3 is 9.47 Å². The highest BCUT2D eigenvalue weighted by molar-refractivity contribution is 6.32. The molecule has 1 aromatic carbocycles. The molecule has 0 spiro atoms. The van der Waals surface area contributed by atoms with Crippen LogP contribution in [-0.4, -0.2) is 13.2 Å². The average molecular weight is 230 g/mol. The monoisotopic (exact) mass is 229 g/mol. The predicted molar refractivity (Wildman–Crippen MR) is 56.0 cm³/mol. The van der Waals surface area contributed by atoms with Gasteiger partial charge in [0, 0.05) is 12.0 Å². The SMILES string of the molecule is NOCc1ccc(Cl)c2c1OCCCO2. The molecule has 0 atom stereocenters. The molecular formula is C10H12ClNO3. The molecule has 0 radical (unpaired) electrons. The molecule has 1 aromatic rings. The molecule has 0 saturated carbocycles. The van der Waals surface area contributed by atoms with E-state index in [0.29, 0.717) is 29.7 Å². The van der Waals surface area contributed by atoms with Crippen LogP contribution in [0.1, 0.15) is 12.0 Å². The summed E-state index contributed by atoms with van der Waals surface area (Å²) < 4.78 is 11.1. The van der Waals surface area contributed by atoms with Crippen molar-refractivity contribution in [2.45, 2.75) is 13.0 Å². The topological polar surface area (TPSA) is 53.7 Å². The van der Waals surface area contributed by atoms with Crippen molar-refractivity contribution in [3.05, 3.63) is 22.7 Å². The van der Waals surface area contributed by atoms with Gasteiger partial charge in [0.15, 0.2) is 11.5 Å². The average Bonchev–Trinajstić information content (AvgIpc) is 2.48. The van der Waals surface area contributed by atoms with Gasteiger partial charge >= 0.3 is 0 Å². The Labute approximate surface area is 92.8 Å². The molecule has 0 aromatic heterocycles. The molecule has 0 saturated heterocycles. The molecule has 4 nitrogen and oxygen atoms in total. The Morgan fingerprint density at radius 1 is 1.27 bits per heavy atom. The summed E-state index contributed by atoms with van der Waals surface area (Å²) in [6.45, 7) is 1.51. The van der Waals surface area contributed by atoms with Crippen LogP contribution < -0.4 is 15.4 Å². The van der Waals surface area contributed by atoms with E-state index < -0.39 is 0 Å². The first-order chi connectivity index (χ1) is 7.33. The van der Waals surface area contributed by atoms with Gasteiger partial charge in [-0.2, -0.15) is 0 Å². The maximum absolute atomic E-state index is 6.01. The van der Waals surface area contributed by atoms with E-state index in [1.54, 1.807) is 6.07 Å². The number of hydrogen-bond acceptors (Lipinski definition) is 4. The Morgan fingerprint density at radius 3 is 2.73 bits per heavy atom. The van der Waals surface area contributed by atoms with Crippen LogP contribution in [0, 0.1) is 0 Å². The van der Waals surface area contributed by atoms with Gasteiger partial charge in [0.1, 0.15) is 0 Å². The van der Waals surface area contributed by atoms with Crippen LogP contribution in [0.15, 0.2) is 12.1 Å². The van der Waals surface area contributed by atoms with E-state index in [1.807, 2.05) is 6.07 Å². The molecule has 1 heterocycles. The van der Waals surface area contributed by atoms with Gasteiger partial charge in [0.2, 0.25) is 0 Å². The zero-order valence-electron chi connectivity index (χ0n) is 8.16. The second-order valence-electron chi connectivity index (χ2n) is 3.23. The fraction of sp³-hybridized carbons (Fsp3) is 0.400. The fourth-order valence-corrected chi connectivity index (χ4v) is 1.69. The summed E-state index contributed by atoms with van der Waals surface area (Å²) in [5.74, 6) is 6.27. The third-order valence-electron chi connectivity index (χ3n) is 2.17. The highest BCUT2D eigenvalue weighted by Crippen LogP contribution is 2.39. The lowest BCUT2D eigenvalue weighted by Gasteiger charge is -2.12. The minimum absolute atomic E-state index is 0.281. The Kier molecular flexibility index (Phi) is 3.30. The van der Waals surface area contributed by atoms with Crippen LogP contribution >= 0.6 is 11.6 Å². The molecule has 0 amide bonds. The van der Waals surface area contributed by atoms with Crippen molar-refractivity contribution in [3.8, 4) is 11.5 Å². The molecule has 2 N–H and O–H groups in total. The van der Waals surface area contributed by atoms with Gasteiger partial charge in [0.05, 0.1) is 24.8 Å². The number of fused-ring (bicyclic) bond motifs is 1. The fourth-order valence-electron chi connectivity index (χ4n) is 1.48. The van der Waals surface area contributed by atoms with E-state index in [-0.39, 0.29) is 6.61 Å². The quantitative estimate of drug-likeness (QED) is 0.787. The molecule has 1 aliphatic rings. The number of hydrogen-bond donors (Lipinski definition) is 1. The van der Waals surface area contributed by atoms with Crippen LogP contribution in [0.5, 0.6) is 11.5 Å². The predicted octanol–water partition coefficient (Wildman–Crippen LogP) is 1.89. The number of benzene rings is 1. The van der Waals surface area contributed by atoms with Crippen molar-refractivity contribution in [2.24, 2.45) is 5.90 Å². The first-order valence-corrected chi connectivity index (χ1v) is 5.09. The zero-order valence-corrected chi connectivity index (χ0v) is 8.92. The first kappa shape index (κ1) is 10.5. The first-order valence-electron chi connectivity index (χ1n) is 4.71. The zero-order chi connectivity index (χ0) is 10.7. The van der Waals surface area contributed by atoms with E-state index in [1.165, 1.54) is 0 Å². The summed E-state index contributed by atoms with van der Waals surface area (Å²) in [6, 6.07) is 3.58. The minimum atomic E-state index is 0.281. The molecular weight excluding hydrogens is 218 g/mol. The lowest BCUT2D eigenvalue weighted by Crippen LogP contribution is -2.03. The Hall–Kier alpha value is -0.970. The van der Waals surface area contributed by atoms with Crippen LogP contribution in [0.3, 0.4) is 0 Å². The van der Waals surface area contributed by atoms with Gasteiger partial charge in [-0.05, 0) is 6.07 Å². The standard InChI is InChI=1S/C10H12ClNO3/c11-8-3-2-7(6-15-12)9-10(8)14-5-1-4-13-9/h2-3H,1,4-6,12H2. The molecule has 0 aliphatic carbocycles. The third kappa shape index (κ3) is 2.17. The maximum atomic E-state index is 6.01. The van der Waals surface area contributed by atoms with E-state index in [2.05, 4.69) is 4.84 Å². The summed E-state index contributed by atoms with van der Waals surface area (Å²) in [5, 5.41) is 0.549. The number of ether oxygens (including phenoxy) is 2. The van der Waals surface area contributed by atoms with Crippen molar-refractivity contribution in [2.75, 3.05) is 13.2 Å². The van der Waals surface area contributed by atoms with E-state index >= 15 is 0 Å². The van der Waals surface area contributed by atoms with Crippen molar-refractivity contribution in [1.29, 1.82) is 0 Å². The normalized spacial score (nSPS) is 14.8. The van der Waals surface area contributed by atoms with E-state index in [0.717, 1.165) is 12.0 Å². The molecule has 0 bridgehead atoms. The number of nitrogens with two attached hydrogens (primary N) is 1. The van der Waals surface area contributed by atoms with Crippen LogP contribution in [-0.2, 0) is 11.4 Å². The summed E-state index contributed by atoms with van der Waals surface area (Å²) in [7, 11) is 0. The lowest BCUT2D eigenvalue weighted by molar-refractivity contribution is 0.121. The van der Waals surface area contributed by atoms with Crippen LogP contribution in [0.2, 0.25) is 5.02 Å². The van der Waals surface area contributed by atoms with Gasteiger partial charge in [-0.1, -0.05) is 17.7 Å². The molecule has 82 valence electrons. The summed E-state index contributed by atoms with van der Waals surface area (Å²) in [4.78, 5) is 4.60. The van der Waals surface area contributed by atoms with E-state index in [4.69, 9.17) is 27.0 Å². The summed E-state index contributed by atoms with van der Waals surface area (Å²) in [6.07, 6.45) is 0.841. The number of rotatable bonds is 2. The van der Waals surface area contributed by atoms with E-state index in [9.17, 15) is 0 Å². The Balaban J connectivity index is 2.41.